The minimum atomic E-state index is -1.31. The zero-order valence-corrected chi connectivity index (χ0v) is 14.9. The molecule has 5 heteroatoms. The van der Waals surface area contributed by atoms with Gasteiger partial charge in [-0.3, -0.25) is 9.59 Å². The van der Waals surface area contributed by atoms with Crippen LogP contribution in [-0.2, 0) is 24.5 Å². The monoisotopic (exact) mass is 339 g/mol. The molecule has 1 unspecified atom stereocenters. The van der Waals surface area contributed by atoms with E-state index in [1.807, 2.05) is 18.2 Å². The molecular formula is C20H21NO4. The first kappa shape index (κ1) is 17.2. The summed E-state index contributed by atoms with van der Waals surface area (Å²) < 4.78 is 9.87. The van der Waals surface area contributed by atoms with E-state index in [2.05, 4.69) is 19.9 Å². The maximum Gasteiger partial charge on any atom is 0.323 e. The van der Waals surface area contributed by atoms with Crippen LogP contribution in [0.25, 0.3) is 5.57 Å². The molecule has 0 bridgehead atoms. The van der Waals surface area contributed by atoms with Crippen molar-refractivity contribution in [1.29, 1.82) is 5.26 Å². The lowest BCUT2D eigenvalue weighted by Crippen LogP contribution is -2.46. The summed E-state index contributed by atoms with van der Waals surface area (Å²) in [7, 11) is 2.58. The summed E-state index contributed by atoms with van der Waals surface area (Å²) in [4.78, 5) is 24.9. The number of nitrogens with zero attached hydrogens (tertiary/aromatic N) is 1. The summed E-state index contributed by atoms with van der Waals surface area (Å²) in [6.07, 6.45) is 2.55. The lowest BCUT2D eigenvalue weighted by Gasteiger charge is -2.39. The number of fused-ring (bicyclic) bond motifs is 3. The van der Waals surface area contributed by atoms with E-state index in [9.17, 15) is 14.9 Å². The van der Waals surface area contributed by atoms with E-state index < -0.39 is 17.4 Å². The molecule has 0 amide bonds. The molecule has 0 radical (unpaired) electrons. The van der Waals surface area contributed by atoms with Crippen molar-refractivity contribution in [3.8, 4) is 6.07 Å². The second kappa shape index (κ2) is 5.73. The lowest BCUT2D eigenvalue weighted by atomic mass is 9.64. The van der Waals surface area contributed by atoms with Gasteiger partial charge in [0.2, 0.25) is 0 Å². The predicted octanol–water partition coefficient (Wildman–Crippen LogP) is 2.98. The van der Waals surface area contributed by atoms with Gasteiger partial charge in [-0.2, -0.15) is 5.26 Å². The van der Waals surface area contributed by atoms with Crippen molar-refractivity contribution < 1.29 is 19.1 Å². The number of carbonyl (C=O) groups is 2. The summed E-state index contributed by atoms with van der Waals surface area (Å²) in [5.74, 6) is -1.14. The van der Waals surface area contributed by atoms with Crippen LogP contribution in [0.15, 0.2) is 24.3 Å². The van der Waals surface area contributed by atoms with Crippen LogP contribution in [0.5, 0.6) is 0 Å². The van der Waals surface area contributed by atoms with Gasteiger partial charge in [0.05, 0.1) is 25.9 Å². The standard InChI is InChI=1S/C20H21NO4/c1-19(2)15-9-12(11-21)5-6-13(15)14-7-8-20(10-16(14)19,17(22)24-3)18(23)25-4/h5-7,9,16H,8,10H2,1-4H3. The molecule has 25 heavy (non-hydrogen) atoms. The third-order valence-electron chi connectivity index (χ3n) is 5.78. The van der Waals surface area contributed by atoms with E-state index in [0.29, 0.717) is 12.0 Å². The summed E-state index contributed by atoms with van der Waals surface area (Å²) in [5.41, 5.74) is 2.30. The summed E-state index contributed by atoms with van der Waals surface area (Å²) in [5, 5.41) is 9.20. The highest BCUT2D eigenvalue weighted by Gasteiger charge is 2.56. The molecule has 0 saturated carbocycles. The molecule has 3 rings (SSSR count). The molecule has 0 aromatic heterocycles. The van der Waals surface area contributed by atoms with Crippen LogP contribution < -0.4 is 0 Å². The Bertz CT molecular complexity index is 813. The van der Waals surface area contributed by atoms with Crippen molar-refractivity contribution in [2.45, 2.75) is 32.1 Å². The number of hydrogen-bond acceptors (Lipinski definition) is 5. The Morgan fingerprint density at radius 1 is 1.20 bits per heavy atom. The van der Waals surface area contributed by atoms with Gasteiger partial charge in [-0.05, 0) is 53.0 Å². The van der Waals surface area contributed by atoms with E-state index in [4.69, 9.17) is 9.47 Å². The van der Waals surface area contributed by atoms with Crippen LogP contribution in [0.3, 0.4) is 0 Å². The molecule has 1 atom stereocenters. The molecule has 0 spiro atoms. The number of ether oxygens (including phenoxy) is 2. The number of hydrogen-bond donors (Lipinski definition) is 0. The largest absolute Gasteiger partial charge is 0.468 e. The molecule has 2 aliphatic carbocycles. The average Bonchev–Trinajstić information content (AvgIpc) is 2.86. The Kier molecular flexibility index (Phi) is 3.95. The van der Waals surface area contributed by atoms with Gasteiger partial charge < -0.3 is 9.47 Å². The Morgan fingerprint density at radius 2 is 1.84 bits per heavy atom. The van der Waals surface area contributed by atoms with Crippen molar-refractivity contribution >= 4 is 17.5 Å². The van der Waals surface area contributed by atoms with Crippen molar-refractivity contribution in [3.63, 3.8) is 0 Å². The van der Waals surface area contributed by atoms with E-state index in [-0.39, 0.29) is 17.8 Å². The maximum atomic E-state index is 12.5. The minimum Gasteiger partial charge on any atom is -0.468 e. The summed E-state index contributed by atoms with van der Waals surface area (Å²) in [6, 6.07) is 7.86. The number of methoxy groups -OCH3 is 2. The van der Waals surface area contributed by atoms with Gasteiger partial charge in [-0.15, -0.1) is 0 Å². The molecule has 130 valence electrons. The first-order chi connectivity index (χ1) is 11.8. The summed E-state index contributed by atoms with van der Waals surface area (Å²) >= 11 is 0. The molecule has 2 aliphatic rings. The molecule has 5 nitrogen and oxygen atoms in total. The van der Waals surface area contributed by atoms with Crippen molar-refractivity contribution in [2.24, 2.45) is 11.3 Å². The highest BCUT2D eigenvalue weighted by Crippen LogP contribution is 2.57. The van der Waals surface area contributed by atoms with Crippen molar-refractivity contribution in [2.75, 3.05) is 14.2 Å². The first-order valence-electron chi connectivity index (χ1n) is 8.23. The molecule has 1 aromatic carbocycles. The third-order valence-corrected chi connectivity index (χ3v) is 5.78. The smallest absolute Gasteiger partial charge is 0.323 e. The van der Waals surface area contributed by atoms with E-state index >= 15 is 0 Å². The van der Waals surface area contributed by atoms with E-state index in [1.165, 1.54) is 14.2 Å². The number of esters is 2. The number of nitriles is 1. The van der Waals surface area contributed by atoms with Crippen molar-refractivity contribution in [3.05, 3.63) is 41.0 Å². The number of benzene rings is 1. The van der Waals surface area contributed by atoms with E-state index in [1.54, 1.807) is 6.07 Å². The zero-order chi connectivity index (χ0) is 18.4. The third kappa shape index (κ3) is 2.28. The molecule has 0 heterocycles. The van der Waals surface area contributed by atoms with Gasteiger partial charge in [-0.1, -0.05) is 26.0 Å². The second-order valence-corrected chi connectivity index (χ2v) is 7.28. The Balaban J connectivity index is 2.13. The Hall–Kier alpha value is -2.61. The normalized spacial score (nSPS) is 22.0. The first-order valence-corrected chi connectivity index (χ1v) is 8.23. The van der Waals surface area contributed by atoms with Crippen molar-refractivity contribution in [1.82, 2.24) is 0 Å². The SMILES string of the molecule is COC(=O)C1(C(=O)OC)CC=C2c3ccc(C#N)cc3C(C)(C)C2C1. The van der Waals surface area contributed by atoms with Crippen LogP contribution in [0, 0.1) is 22.7 Å². The predicted molar refractivity (Wildman–Crippen MR) is 91.3 cm³/mol. The van der Waals surface area contributed by atoms with Crippen LogP contribution in [0.1, 0.15) is 43.4 Å². The fraction of sp³-hybridized carbons (Fsp3) is 0.450. The average molecular weight is 339 g/mol. The fourth-order valence-electron chi connectivity index (χ4n) is 4.30. The second-order valence-electron chi connectivity index (χ2n) is 7.28. The van der Waals surface area contributed by atoms with Gasteiger partial charge >= 0.3 is 11.9 Å². The van der Waals surface area contributed by atoms with E-state index in [0.717, 1.165) is 16.7 Å². The number of carbonyl (C=O) groups excluding carboxylic acids is 2. The number of allylic oxidation sites excluding steroid dienone is 2. The molecule has 0 aliphatic heterocycles. The maximum absolute atomic E-state index is 12.5. The van der Waals surface area contributed by atoms with Gasteiger partial charge in [0.15, 0.2) is 5.41 Å². The minimum absolute atomic E-state index is 0.0246. The quantitative estimate of drug-likeness (QED) is 0.611. The topological polar surface area (TPSA) is 76.4 Å². The Morgan fingerprint density at radius 3 is 2.40 bits per heavy atom. The highest BCUT2D eigenvalue weighted by atomic mass is 16.5. The van der Waals surface area contributed by atoms with Crippen LogP contribution in [0.2, 0.25) is 0 Å². The molecule has 0 saturated heterocycles. The van der Waals surface area contributed by atoms with Gasteiger partial charge in [0.1, 0.15) is 0 Å². The highest BCUT2D eigenvalue weighted by molar-refractivity contribution is 6.01. The van der Waals surface area contributed by atoms with Gasteiger partial charge in [0.25, 0.3) is 0 Å². The van der Waals surface area contributed by atoms with Gasteiger partial charge in [0, 0.05) is 0 Å². The molecule has 0 N–H and O–H groups in total. The Labute approximate surface area is 147 Å². The van der Waals surface area contributed by atoms with Gasteiger partial charge in [-0.25, -0.2) is 0 Å². The summed E-state index contributed by atoms with van der Waals surface area (Å²) in [6.45, 7) is 4.17. The zero-order valence-electron chi connectivity index (χ0n) is 14.9. The lowest BCUT2D eigenvalue weighted by molar-refractivity contribution is -0.170. The molecular weight excluding hydrogens is 318 g/mol. The molecule has 1 aromatic rings. The number of rotatable bonds is 2. The van der Waals surface area contributed by atoms with Crippen LogP contribution in [0.4, 0.5) is 0 Å². The van der Waals surface area contributed by atoms with Crippen LogP contribution in [-0.4, -0.2) is 26.2 Å². The van der Waals surface area contributed by atoms with Crippen LogP contribution >= 0.6 is 0 Å². The molecule has 0 fully saturated rings. The fourth-order valence-corrected chi connectivity index (χ4v) is 4.30.